The van der Waals surface area contributed by atoms with E-state index in [1.807, 2.05) is 18.2 Å². The fourth-order valence-corrected chi connectivity index (χ4v) is 2.51. The Hall–Kier alpha value is -1.37. The molecule has 0 aromatic heterocycles. The first-order valence-corrected chi connectivity index (χ1v) is 7.12. The van der Waals surface area contributed by atoms with Gasteiger partial charge in [-0.3, -0.25) is 4.79 Å². The molecule has 0 atom stereocenters. The lowest BCUT2D eigenvalue weighted by Crippen LogP contribution is -2.06. The molecule has 18 heavy (non-hydrogen) atoms. The molecule has 0 spiro atoms. The largest absolute Gasteiger partial charge is 0.295 e. The highest BCUT2D eigenvalue weighted by atomic mass is 16.1. The molecule has 1 aliphatic rings. The summed E-state index contributed by atoms with van der Waals surface area (Å²) in [4.78, 5) is 12.2. The predicted molar refractivity (Wildman–Crippen MR) is 75.6 cm³/mol. The zero-order valence-corrected chi connectivity index (χ0v) is 11.0. The number of Topliss-reactive ketones (excluding diaryl/α,β-unsaturated/α-hetero) is 1. The molecule has 1 aliphatic carbocycles. The summed E-state index contributed by atoms with van der Waals surface area (Å²) in [6.45, 7) is 0. The van der Waals surface area contributed by atoms with E-state index in [9.17, 15) is 4.79 Å². The highest BCUT2D eigenvalue weighted by molar-refractivity contribution is 5.95. The van der Waals surface area contributed by atoms with Crippen LogP contribution in [0.25, 0.3) is 0 Å². The van der Waals surface area contributed by atoms with Crippen molar-refractivity contribution < 1.29 is 4.79 Å². The maximum atomic E-state index is 12.2. The van der Waals surface area contributed by atoms with Crippen molar-refractivity contribution in [1.82, 2.24) is 0 Å². The minimum absolute atomic E-state index is 0.362. The van der Waals surface area contributed by atoms with Gasteiger partial charge < -0.3 is 0 Å². The van der Waals surface area contributed by atoms with Crippen molar-refractivity contribution in [1.29, 1.82) is 0 Å². The smallest absolute Gasteiger partial charge is 0.158 e. The molecule has 0 unspecified atom stereocenters. The Balaban J connectivity index is 1.87. The number of allylic oxidation sites excluding steroid dienone is 2. The number of hydrogen-bond acceptors (Lipinski definition) is 1. The van der Waals surface area contributed by atoms with Crippen LogP contribution in [0, 0.1) is 0 Å². The molecule has 0 aliphatic heterocycles. The number of carbonyl (C=O) groups is 1. The van der Waals surface area contributed by atoms with Crippen molar-refractivity contribution in [2.24, 2.45) is 0 Å². The third kappa shape index (κ3) is 4.14. The lowest BCUT2D eigenvalue weighted by atomic mass is 9.94. The van der Waals surface area contributed by atoms with Crippen molar-refractivity contribution in [2.45, 2.75) is 51.4 Å². The first-order chi connectivity index (χ1) is 8.86. The maximum absolute atomic E-state index is 12.2. The molecule has 1 nitrogen and oxygen atoms in total. The summed E-state index contributed by atoms with van der Waals surface area (Å²) in [5.74, 6) is 0.362. The second-order valence-corrected chi connectivity index (χ2v) is 5.09. The van der Waals surface area contributed by atoms with E-state index in [1.54, 1.807) is 0 Å². The Morgan fingerprint density at radius 2 is 1.78 bits per heavy atom. The molecule has 1 aromatic rings. The van der Waals surface area contributed by atoms with E-state index < -0.39 is 0 Å². The van der Waals surface area contributed by atoms with Crippen LogP contribution in [0.4, 0.5) is 0 Å². The lowest BCUT2D eigenvalue weighted by molar-refractivity contribution is -0.115. The Kier molecular flexibility index (Phi) is 5.19. The Labute approximate surface area is 110 Å². The molecule has 1 aromatic carbocycles. The Bertz CT molecular complexity index is 403. The standard InChI is InChI=1S/C17H22O/c18-17(14-13-15-9-5-4-6-10-15)16-11-7-2-1-3-8-12-16/h4-6,9-11H,1-3,7-8,12-14H2/b16-11+. The van der Waals surface area contributed by atoms with E-state index in [0.29, 0.717) is 12.2 Å². The minimum atomic E-state index is 0.362. The van der Waals surface area contributed by atoms with Crippen LogP contribution in [-0.2, 0) is 11.2 Å². The fraction of sp³-hybridized carbons (Fsp3) is 0.471. The molecule has 0 saturated carbocycles. The molecular weight excluding hydrogens is 220 g/mol. The SMILES string of the molecule is O=C(CCc1ccccc1)/C1=C/CCCCCC1. The van der Waals surface area contributed by atoms with Gasteiger partial charge in [0.1, 0.15) is 0 Å². The summed E-state index contributed by atoms with van der Waals surface area (Å²) < 4.78 is 0. The van der Waals surface area contributed by atoms with E-state index in [1.165, 1.54) is 31.2 Å². The number of rotatable bonds is 4. The van der Waals surface area contributed by atoms with Gasteiger partial charge in [-0.05, 0) is 43.2 Å². The summed E-state index contributed by atoms with van der Waals surface area (Å²) in [5, 5.41) is 0. The molecule has 1 heteroatoms. The second kappa shape index (κ2) is 7.15. The molecule has 0 N–H and O–H groups in total. The summed E-state index contributed by atoms with van der Waals surface area (Å²) >= 11 is 0. The zero-order chi connectivity index (χ0) is 12.6. The van der Waals surface area contributed by atoms with Crippen molar-refractivity contribution in [3.63, 3.8) is 0 Å². The van der Waals surface area contributed by atoms with Gasteiger partial charge in [0.25, 0.3) is 0 Å². The number of aryl methyl sites for hydroxylation is 1. The van der Waals surface area contributed by atoms with Crippen LogP contribution >= 0.6 is 0 Å². The normalized spacial score (nSPS) is 19.4. The van der Waals surface area contributed by atoms with E-state index in [2.05, 4.69) is 18.2 Å². The van der Waals surface area contributed by atoms with Gasteiger partial charge in [0.05, 0.1) is 0 Å². The zero-order valence-electron chi connectivity index (χ0n) is 11.0. The molecule has 0 saturated heterocycles. The molecule has 0 heterocycles. The molecule has 2 rings (SSSR count). The van der Waals surface area contributed by atoms with E-state index in [4.69, 9.17) is 0 Å². The van der Waals surface area contributed by atoms with E-state index in [-0.39, 0.29) is 0 Å². The van der Waals surface area contributed by atoms with Gasteiger partial charge in [-0.2, -0.15) is 0 Å². The number of ketones is 1. The van der Waals surface area contributed by atoms with Gasteiger partial charge in [-0.1, -0.05) is 49.2 Å². The average Bonchev–Trinajstić information content (AvgIpc) is 2.37. The molecule has 0 radical (unpaired) electrons. The third-order valence-electron chi connectivity index (χ3n) is 3.63. The fourth-order valence-electron chi connectivity index (χ4n) is 2.51. The maximum Gasteiger partial charge on any atom is 0.158 e. The minimum Gasteiger partial charge on any atom is -0.295 e. The second-order valence-electron chi connectivity index (χ2n) is 5.09. The highest BCUT2D eigenvalue weighted by Crippen LogP contribution is 2.19. The van der Waals surface area contributed by atoms with Gasteiger partial charge in [-0.15, -0.1) is 0 Å². The van der Waals surface area contributed by atoms with Crippen LogP contribution in [0.1, 0.15) is 50.5 Å². The van der Waals surface area contributed by atoms with Crippen LogP contribution < -0.4 is 0 Å². The predicted octanol–water partition coefficient (Wildman–Crippen LogP) is 4.47. The van der Waals surface area contributed by atoms with Crippen molar-refractivity contribution in [2.75, 3.05) is 0 Å². The van der Waals surface area contributed by atoms with Gasteiger partial charge in [-0.25, -0.2) is 0 Å². The molecular formula is C17H22O. The topological polar surface area (TPSA) is 17.1 Å². The highest BCUT2D eigenvalue weighted by Gasteiger charge is 2.10. The number of hydrogen-bond donors (Lipinski definition) is 0. The van der Waals surface area contributed by atoms with Crippen LogP contribution in [0.2, 0.25) is 0 Å². The van der Waals surface area contributed by atoms with Crippen LogP contribution in [0.5, 0.6) is 0 Å². The monoisotopic (exact) mass is 242 g/mol. The van der Waals surface area contributed by atoms with Gasteiger partial charge in [0, 0.05) is 6.42 Å². The van der Waals surface area contributed by atoms with Crippen LogP contribution in [0.3, 0.4) is 0 Å². The van der Waals surface area contributed by atoms with Crippen molar-refractivity contribution in [3.05, 3.63) is 47.5 Å². The van der Waals surface area contributed by atoms with Gasteiger partial charge in [0.2, 0.25) is 0 Å². The third-order valence-corrected chi connectivity index (χ3v) is 3.63. The molecule has 0 fully saturated rings. The van der Waals surface area contributed by atoms with Crippen LogP contribution in [-0.4, -0.2) is 5.78 Å². The first kappa shape index (κ1) is 13.1. The van der Waals surface area contributed by atoms with E-state index in [0.717, 1.165) is 24.8 Å². The Morgan fingerprint density at radius 1 is 1.00 bits per heavy atom. The molecule has 96 valence electrons. The number of benzene rings is 1. The average molecular weight is 242 g/mol. The van der Waals surface area contributed by atoms with Gasteiger partial charge >= 0.3 is 0 Å². The quantitative estimate of drug-likeness (QED) is 0.761. The van der Waals surface area contributed by atoms with E-state index >= 15 is 0 Å². The lowest BCUT2D eigenvalue weighted by Gasteiger charge is -2.10. The molecule has 0 amide bonds. The van der Waals surface area contributed by atoms with Gasteiger partial charge in [0.15, 0.2) is 5.78 Å². The van der Waals surface area contributed by atoms with Crippen molar-refractivity contribution in [3.8, 4) is 0 Å². The summed E-state index contributed by atoms with van der Waals surface area (Å²) in [6, 6.07) is 10.3. The van der Waals surface area contributed by atoms with Crippen LogP contribution in [0.15, 0.2) is 42.0 Å². The first-order valence-electron chi connectivity index (χ1n) is 7.12. The summed E-state index contributed by atoms with van der Waals surface area (Å²) in [6.07, 6.45) is 10.8. The number of carbonyl (C=O) groups excluding carboxylic acids is 1. The summed E-state index contributed by atoms with van der Waals surface area (Å²) in [5.41, 5.74) is 2.35. The Morgan fingerprint density at radius 3 is 2.61 bits per heavy atom. The van der Waals surface area contributed by atoms with Crippen molar-refractivity contribution >= 4 is 5.78 Å². The summed E-state index contributed by atoms with van der Waals surface area (Å²) in [7, 11) is 0. The molecule has 0 bridgehead atoms.